The summed E-state index contributed by atoms with van der Waals surface area (Å²) in [7, 11) is 0. The maximum Gasteiger partial charge on any atom is 0.247 e. The molecule has 3 aliphatic heterocycles. The lowest BCUT2D eigenvalue weighted by Crippen LogP contribution is -2.55. The standard InChI is InChI=1S/C29H34N6O5/c1-2-28-14-15-29(40-28)23(22(28)25(37)31-19-10-4-3-5-11-19)27(39)34(16-8-9-17-36)24(29)26(38)30-18-35-21-13-7-6-12-20(21)32-33-35/h3-7,10-13,22-24,36H,2,8-9,14-18H2,1H3,(H,30,38)(H,31,37)/t22-,23-,24?,28+,29?/m0/s1. The van der Waals surface area contributed by atoms with Crippen molar-refractivity contribution in [2.75, 3.05) is 18.5 Å². The zero-order valence-corrected chi connectivity index (χ0v) is 22.5. The summed E-state index contributed by atoms with van der Waals surface area (Å²) in [5.41, 5.74) is 0.209. The predicted octanol–water partition coefficient (Wildman–Crippen LogP) is 2.07. The van der Waals surface area contributed by atoms with Crippen molar-refractivity contribution in [1.82, 2.24) is 25.2 Å². The van der Waals surface area contributed by atoms with Crippen molar-refractivity contribution in [3.8, 4) is 0 Å². The molecule has 4 heterocycles. The molecule has 1 aromatic heterocycles. The number of unbranched alkanes of at least 4 members (excludes halogenated alkanes) is 1. The summed E-state index contributed by atoms with van der Waals surface area (Å²) in [6, 6.07) is 15.7. The molecule has 0 radical (unpaired) electrons. The molecule has 5 atom stereocenters. The van der Waals surface area contributed by atoms with Gasteiger partial charge in [-0.2, -0.15) is 0 Å². The van der Waals surface area contributed by atoms with Gasteiger partial charge in [0.2, 0.25) is 17.7 Å². The molecule has 11 nitrogen and oxygen atoms in total. The van der Waals surface area contributed by atoms with Crippen LogP contribution < -0.4 is 10.6 Å². The summed E-state index contributed by atoms with van der Waals surface area (Å²) in [6.07, 6.45) is 2.67. The first kappa shape index (κ1) is 26.4. The highest BCUT2D eigenvalue weighted by Gasteiger charge is 2.78. The van der Waals surface area contributed by atoms with Gasteiger partial charge < -0.3 is 25.4 Å². The largest absolute Gasteiger partial charge is 0.396 e. The second kappa shape index (κ2) is 10.3. The van der Waals surface area contributed by atoms with E-state index in [0.717, 1.165) is 5.52 Å². The van der Waals surface area contributed by atoms with E-state index in [1.165, 1.54) is 0 Å². The van der Waals surface area contributed by atoms with E-state index in [4.69, 9.17) is 4.74 Å². The lowest BCUT2D eigenvalue weighted by atomic mass is 9.65. The normalized spacial score (nSPS) is 28.7. The molecule has 3 fully saturated rings. The molecule has 0 aliphatic carbocycles. The van der Waals surface area contributed by atoms with E-state index < -0.39 is 29.1 Å². The van der Waals surface area contributed by atoms with Gasteiger partial charge in [0.1, 0.15) is 23.8 Å². The number of hydrogen-bond acceptors (Lipinski definition) is 7. The van der Waals surface area contributed by atoms with E-state index in [0.29, 0.717) is 43.3 Å². The lowest BCUT2D eigenvalue weighted by molar-refractivity contribution is -0.146. The fourth-order valence-corrected chi connectivity index (χ4v) is 7.08. The van der Waals surface area contributed by atoms with Crippen LogP contribution in [0.4, 0.5) is 5.69 Å². The van der Waals surface area contributed by atoms with Crippen molar-refractivity contribution in [3.05, 3.63) is 54.6 Å². The van der Waals surface area contributed by atoms with Crippen LogP contribution in [0.1, 0.15) is 39.0 Å². The Hall–Kier alpha value is -3.83. The molecule has 3 aromatic rings. The van der Waals surface area contributed by atoms with Crippen molar-refractivity contribution < 1.29 is 24.2 Å². The van der Waals surface area contributed by atoms with Crippen molar-refractivity contribution in [1.29, 1.82) is 0 Å². The van der Waals surface area contributed by atoms with Gasteiger partial charge in [-0.3, -0.25) is 14.4 Å². The van der Waals surface area contributed by atoms with Crippen LogP contribution in [0, 0.1) is 11.8 Å². The fraction of sp³-hybridized carbons (Fsp3) is 0.483. The van der Waals surface area contributed by atoms with Crippen molar-refractivity contribution in [3.63, 3.8) is 0 Å². The van der Waals surface area contributed by atoms with Gasteiger partial charge in [-0.05, 0) is 56.4 Å². The molecule has 40 heavy (non-hydrogen) atoms. The van der Waals surface area contributed by atoms with E-state index >= 15 is 0 Å². The van der Waals surface area contributed by atoms with E-state index in [-0.39, 0.29) is 37.5 Å². The summed E-state index contributed by atoms with van der Waals surface area (Å²) >= 11 is 0. The molecule has 6 rings (SSSR count). The van der Waals surface area contributed by atoms with Gasteiger partial charge in [0.15, 0.2) is 0 Å². The van der Waals surface area contributed by atoms with Crippen molar-refractivity contribution in [2.45, 2.75) is 62.9 Å². The number of nitrogens with zero attached hydrogens (tertiary/aromatic N) is 4. The minimum Gasteiger partial charge on any atom is -0.396 e. The number of aliphatic hydroxyl groups is 1. The molecule has 3 N–H and O–H groups in total. The number of hydrogen-bond donors (Lipinski definition) is 3. The zero-order chi connectivity index (χ0) is 27.9. The van der Waals surface area contributed by atoms with Crippen molar-refractivity contribution in [2.24, 2.45) is 11.8 Å². The van der Waals surface area contributed by atoms with Crippen LogP contribution in [0.2, 0.25) is 0 Å². The third-order valence-electron chi connectivity index (χ3n) is 8.88. The maximum atomic E-state index is 14.1. The van der Waals surface area contributed by atoms with Crippen LogP contribution in [0.15, 0.2) is 54.6 Å². The maximum absolute atomic E-state index is 14.1. The van der Waals surface area contributed by atoms with Gasteiger partial charge in [0.25, 0.3) is 0 Å². The monoisotopic (exact) mass is 546 g/mol. The number of para-hydroxylation sites is 2. The molecule has 3 aliphatic rings. The SMILES string of the molecule is CC[C@]12CCC3(O1)C(C(=O)NCn1nnc4ccccc41)N(CCCCO)C(=O)[C@@H]3[C@H]2C(=O)Nc1ccccc1. The Morgan fingerprint density at radius 2 is 1.85 bits per heavy atom. The van der Waals surface area contributed by atoms with E-state index in [9.17, 15) is 19.5 Å². The van der Waals surface area contributed by atoms with Crippen LogP contribution in [0.25, 0.3) is 11.0 Å². The predicted molar refractivity (Wildman–Crippen MR) is 146 cm³/mol. The number of benzene rings is 2. The number of nitrogens with one attached hydrogen (secondary N) is 2. The Morgan fingerprint density at radius 3 is 2.62 bits per heavy atom. The van der Waals surface area contributed by atoms with Gasteiger partial charge in [-0.25, -0.2) is 4.68 Å². The number of aliphatic hydroxyl groups excluding tert-OH is 1. The Balaban J connectivity index is 1.31. The Morgan fingerprint density at radius 1 is 1.07 bits per heavy atom. The highest BCUT2D eigenvalue weighted by atomic mass is 16.5. The molecule has 1 spiro atoms. The van der Waals surface area contributed by atoms with Gasteiger partial charge >= 0.3 is 0 Å². The highest BCUT2D eigenvalue weighted by molar-refractivity contribution is 6.02. The lowest BCUT2D eigenvalue weighted by Gasteiger charge is -2.34. The molecular weight excluding hydrogens is 512 g/mol. The molecule has 2 bridgehead atoms. The molecule has 11 heteroatoms. The first-order valence-corrected chi connectivity index (χ1v) is 14.0. The number of carbonyl (C=O) groups is 3. The number of rotatable bonds is 10. The second-order valence-electron chi connectivity index (χ2n) is 10.9. The quantitative estimate of drug-likeness (QED) is 0.331. The molecule has 3 saturated heterocycles. The number of fused-ring (bicyclic) bond motifs is 2. The fourth-order valence-electron chi connectivity index (χ4n) is 7.08. The highest BCUT2D eigenvalue weighted by Crippen LogP contribution is 2.64. The van der Waals surface area contributed by atoms with Gasteiger partial charge in [0, 0.05) is 18.8 Å². The van der Waals surface area contributed by atoms with Crippen LogP contribution in [-0.2, 0) is 25.8 Å². The Kier molecular flexibility index (Phi) is 6.79. The van der Waals surface area contributed by atoms with Gasteiger partial charge in [-0.15, -0.1) is 5.10 Å². The first-order chi connectivity index (χ1) is 19.4. The molecule has 0 saturated carbocycles. The Labute approximate surface area is 231 Å². The number of aromatic nitrogens is 3. The minimum absolute atomic E-state index is 0.00953. The van der Waals surface area contributed by atoms with E-state index in [1.807, 2.05) is 61.5 Å². The third-order valence-corrected chi connectivity index (χ3v) is 8.88. The smallest absolute Gasteiger partial charge is 0.247 e. The van der Waals surface area contributed by atoms with Gasteiger partial charge in [0.05, 0.1) is 23.0 Å². The number of amides is 3. The molecule has 2 aromatic carbocycles. The first-order valence-electron chi connectivity index (χ1n) is 14.0. The molecule has 2 unspecified atom stereocenters. The average Bonchev–Trinajstić information content (AvgIpc) is 3.70. The summed E-state index contributed by atoms with van der Waals surface area (Å²) in [4.78, 5) is 43.4. The minimum atomic E-state index is -1.11. The van der Waals surface area contributed by atoms with E-state index in [1.54, 1.807) is 9.58 Å². The van der Waals surface area contributed by atoms with Gasteiger partial charge in [-0.1, -0.05) is 42.5 Å². The number of likely N-dealkylation sites (tertiary alicyclic amines) is 1. The summed E-state index contributed by atoms with van der Waals surface area (Å²) in [5.74, 6) is -2.36. The topological polar surface area (TPSA) is 139 Å². The third kappa shape index (κ3) is 4.06. The van der Waals surface area contributed by atoms with Crippen molar-refractivity contribution >= 4 is 34.4 Å². The summed E-state index contributed by atoms with van der Waals surface area (Å²) < 4.78 is 8.37. The average molecular weight is 547 g/mol. The Bertz CT molecular complexity index is 1430. The number of anilines is 1. The van der Waals surface area contributed by atoms with Crippen LogP contribution in [0.3, 0.4) is 0 Å². The zero-order valence-electron chi connectivity index (χ0n) is 22.5. The van der Waals surface area contributed by atoms with E-state index in [2.05, 4.69) is 20.9 Å². The molecular formula is C29H34N6O5. The number of carbonyl (C=O) groups excluding carboxylic acids is 3. The molecule has 3 amide bonds. The second-order valence-corrected chi connectivity index (χ2v) is 10.9. The van der Waals surface area contributed by atoms with Crippen LogP contribution in [0.5, 0.6) is 0 Å². The summed E-state index contributed by atoms with van der Waals surface area (Å²) in [6.45, 7) is 2.32. The van der Waals surface area contributed by atoms with Crippen LogP contribution >= 0.6 is 0 Å². The molecule has 210 valence electrons. The van der Waals surface area contributed by atoms with Crippen LogP contribution in [-0.4, -0.2) is 73.1 Å². The number of ether oxygens (including phenoxy) is 1. The summed E-state index contributed by atoms with van der Waals surface area (Å²) in [5, 5.41) is 23.6.